The number of methoxy groups -OCH3 is 2. The number of nitrogens with one attached hydrogen (secondary N) is 1. The summed E-state index contributed by atoms with van der Waals surface area (Å²) in [7, 11) is 3.25. The molecule has 1 amide bonds. The number of carbonyl (C=O) groups is 1. The Labute approximate surface area is 134 Å². The maximum Gasteiger partial charge on any atom is 0.220 e. The number of benzene rings is 1. The lowest BCUT2D eigenvalue weighted by molar-refractivity contribution is -0.121. The van der Waals surface area contributed by atoms with Gasteiger partial charge in [0, 0.05) is 18.5 Å². The molecule has 1 unspecified atom stereocenters. The molecule has 1 N–H and O–H groups in total. The first-order valence-electron chi connectivity index (χ1n) is 7.96. The van der Waals surface area contributed by atoms with Crippen molar-refractivity contribution < 1.29 is 14.3 Å². The fourth-order valence-electron chi connectivity index (χ4n) is 2.27. The molecule has 124 valence electrons. The van der Waals surface area contributed by atoms with Crippen LogP contribution in [0, 0.1) is 5.92 Å². The van der Waals surface area contributed by atoms with E-state index < -0.39 is 0 Å². The summed E-state index contributed by atoms with van der Waals surface area (Å²) < 4.78 is 10.5. The molecule has 0 bridgehead atoms. The van der Waals surface area contributed by atoms with Gasteiger partial charge < -0.3 is 14.8 Å². The Morgan fingerprint density at radius 1 is 1.05 bits per heavy atom. The van der Waals surface area contributed by atoms with Gasteiger partial charge in [0.1, 0.15) is 11.5 Å². The van der Waals surface area contributed by atoms with Crippen LogP contribution in [0.2, 0.25) is 0 Å². The summed E-state index contributed by atoms with van der Waals surface area (Å²) >= 11 is 0. The smallest absolute Gasteiger partial charge is 0.220 e. The molecule has 0 saturated carbocycles. The molecule has 0 aliphatic heterocycles. The highest BCUT2D eigenvalue weighted by Crippen LogP contribution is 2.23. The SMILES string of the molecule is COc1cc(CCC(=O)NC(C)CCC(C)C)cc(OC)c1. The third-order valence-electron chi connectivity index (χ3n) is 3.64. The maximum atomic E-state index is 12.0. The number of hydrogen-bond acceptors (Lipinski definition) is 3. The van der Waals surface area contributed by atoms with Crippen LogP contribution in [0.1, 0.15) is 45.6 Å². The first kappa shape index (κ1) is 18.3. The van der Waals surface area contributed by atoms with E-state index in [4.69, 9.17) is 9.47 Å². The minimum atomic E-state index is 0.0954. The van der Waals surface area contributed by atoms with Crippen molar-refractivity contribution in [2.24, 2.45) is 5.92 Å². The van der Waals surface area contributed by atoms with Gasteiger partial charge in [-0.3, -0.25) is 4.79 Å². The first-order valence-corrected chi connectivity index (χ1v) is 7.96. The zero-order valence-electron chi connectivity index (χ0n) is 14.4. The second-order valence-corrected chi connectivity index (χ2v) is 6.16. The number of aryl methyl sites for hydroxylation is 1. The zero-order valence-corrected chi connectivity index (χ0v) is 14.4. The van der Waals surface area contributed by atoms with Gasteiger partial charge in [-0.1, -0.05) is 13.8 Å². The molecule has 1 aromatic rings. The summed E-state index contributed by atoms with van der Waals surface area (Å²) in [6, 6.07) is 5.95. The summed E-state index contributed by atoms with van der Waals surface area (Å²) in [6.07, 6.45) is 3.31. The van der Waals surface area contributed by atoms with Gasteiger partial charge in [-0.15, -0.1) is 0 Å². The lowest BCUT2D eigenvalue weighted by atomic mass is 10.0. The molecule has 4 nitrogen and oxygen atoms in total. The molecule has 1 atom stereocenters. The van der Waals surface area contributed by atoms with Crippen LogP contribution >= 0.6 is 0 Å². The third-order valence-corrected chi connectivity index (χ3v) is 3.64. The van der Waals surface area contributed by atoms with Gasteiger partial charge >= 0.3 is 0 Å². The molecule has 0 spiro atoms. The van der Waals surface area contributed by atoms with E-state index in [1.165, 1.54) is 0 Å². The van der Waals surface area contributed by atoms with Gasteiger partial charge in [0.05, 0.1) is 14.2 Å². The Balaban J connectivity index is 2.46. The molecule has 1 rings (SSSR count). The fraction of sp³-hybridized carbons (Fsp3) is 0.611. The molecule has 0 aromatic heterocycles. The molecule has 0 radical (unpaired) electrons. The second-order valence-electron chi connectivity index (χ2n) is 6.16. The summed E-state index contributed by atoms with van der Waals surface area (Å²) in [4.78, 5) is 12.0. The van der Waals surface area contributed by atoms with E-state index in [1.54, 1.807) is 14.2 Å². The third kappa shape index (κ3) is 6.83. The van der Waals surface area contributed by atoms with Crippen molar-refractivity contribution in [3.63, 3.8) is 0 Å². The lowest BCUT2D eigenvalue weighted by Gasteiger charge is -2.15. The Morgan fingerprint density at radius 2 is 1.64 bits per heavy atom. The predicted octanol–water partition coefficient (Wildman–Crippen LogP) is 3.58. The van der Waals surface area contributed by atoms with E-state index in [9.17, 15) is 4.79 Å². The first-order chi connectivity index (χ1) is 10.4. The number of hydrogen-bond donors (Lipinski definition) is 1. The Bertz CT molecular complexity index is 449. The normalized spacial score (nSPS) is 12.1. The topological polar surface area (TPSA) is 47.6 Å². The van der Waals surface area contributed by atoms with Crippen LogP contribution in [0.25, 0.3) is 0 Å². The molecule has 0 heterocycles. The Hall–Kier alpha value is -1.71. The number of ether oxygens (including phenoxy) is 2. The summed E-state index contributed by atoms with van der Waals surface area (Å²) in [5.41, 5.74) is 1.04. The minimum absolute atomic E-state index is 0.0954. The second kappa shape index (κ2) is 9.34. The average Bonchev–Trinajstić information content (AvgIpc) is 2.50. The van der Waals surface area contributed by atoms with E-state index in [0.29, 0.717) is 18.8 Å². The lowest BCUT2D eigenvalue weighted by Crippen LogP contribution is -2.32. The molecule has 1 aromatic carbocycles. The molecular weight excluding hydrogens is 278 g/mol. The summed E-state index contributed by atoms with van der Waals surface area (Å²) in [6.45, 7) is 6.46. The highest BCUT2D eigenvalue weighted by molar-refractivity contribution is 5.76. The summed E-state index contributed by atoms with van der Waals surface area (Å²) in [5, 5.41) is 3.06. The summed E-state index contributed by atoms with van der Waals surface area (Å²) in [5.74, 6) is 2.27. The van der Waals surface area contributed by atoms with E-state index >= 15 is 0 Å². The van der Waals surface area contributed by atoms with E-state index in [2.05, 4.69) is 26.1 Å². The number of rotatable bonds is 9. The van der Waals surface area contributed by atoms with Crippen LogP contribution in [0.4, 0.5) is 0 Å². The molecule has 0 fully saturated rings. The highest BCUT2D eigenvalue weighted by Gasteiger charge is 2.09. The van der Waals surface area contributed by atoms with Crippen LogP contribution in [-0.2, 0) is 11.2 Å². The van der Waals surface area contributed by atoms with Gasteiger partial charge in [-0.2, -0.15) is 0 Å². The van der Waals surface area contributed by atoms with Gasteiger partial charge in [0.2, 0.25) is 5.91 Å². The number of amides is 1. The number of carbonyl (C=O) groups excluding carboxylic acids is 1. The highest BCUT2D eigenvalue weighted by atomic mass is 16.5. The van der Waals surface area contributed by atoms with Crippen molar-refractivity contribution in [3.05, 3.63) is 23.8 Å². The van der Waals surface area contributed by atoms with Gasteiger partial charge in [0.15, 0.2) is 0 Å². The monoisotopic (exact) mass is 307 g/mol. The van der Waals surface area contributed by atoms with Crippen LogP contribution in [0.15, 0.2) is 18.2 Å². The molecule has 0 aliphatic carbocycles. The molecule has 4 heteroatoms. The van der Waals surface area contributed by atoms with Crippen molar-refractivity contribution in [2.45, 2.75) is 52.5 Å². The van der Waals surface area contributed by atoms with E-state index in [1.807, 2.05) is 18.2 Å². The van der Waals surface area contributed by atoms with Crippen molar-refractivity contribution in [2.75, 3.05) is 14.2 Å². The predicted molar refractivity (Wildman–Crippen MR) is 89.5 cm³/mol. The Kier molecular flexibility index (Phi) is 7.78. The van der Waals surface area contributed by atoms with Crippen LogP contribution < -0.4 is 14.8 Å². The minimum Gasteiger partial charge on any atom is -0.497 e. The standard InChI is InChI=1S/C18H29NO3/c1-13(2)6-7-14(3)19-18(20)9-8-15-10-16(21-4)12-17(11-15)22-5/h10-14H,6-9H2,1-5H3,(H,19,20). The zero-order chi connectivity index (χ0) is 16.5. The van der Waals surface area contributed by atoms with Crippen LogP contribution in [-0.4, -0.2) is 26.2 Å². The maximum absolute atomic E-state index is 12.0. The van der Waals surface area contributed by atoms with E-state index in [0.717, 1.165) is 29.9 Å². The van der Waals surface area contributed by atoms with Crippen LogP contribution in [0.5, 0.6) is 11.5 Å². The van der Waals surface area contributed by atoms with Crippen molar-refractivity contribution in [1.82, 2.24) is 5.32 Å². The molecule has 0 aliphatic rings. The average molecular weight is 307 g/mol. The quantitative estimate of drug-likeness (QED) is 0.758. The van der Waals surface area contributed by atoms with Crippen molar-refractivity contribution in [3.8, 4) is 11.5 Å². The van der Waals surface area contributed by atoms with Crippen LogP contribution in [0.3, 0.4) is 0 Å². The van der Waals surface area contributed by atoms with Gasteiger partial charge in [0.25, 0.3) is 0 Å². The van der Waals surface area contributed by atoms with E-state index in [-0.39, 0.29) is 11.9 Å². The largest absolute Gasteiger partial charge is 0.497 e. The Morgan fingerprint density at radius 3 is 2.14 bits per heavy atom. The molecule has 22 heavy (non-hydrogen) atoms. The molecule has 0 saturated heterocycles. The molecular formula is C18H29NO3. The van der Waals surface area contributed by atoms with Crippen molar-refractivity contribution in [1.29, 1.82) is 0 Å². The van der Waals surface area contributed by atoms with Gasteiger partial charge in [-0.05, 0) is 49.8 Å². The van der Waals surface area contributed by atoms with Gasteiger partial charge in [-0.25, -0.2) is 0 Å². The fourth-order valence-corrected chi connectivity index (χ4v) is 2.27. The van der Waals surface area contributed by atoms with Crippen molar-refractivity contribution >= 4 is 5.91 Å².